The summed E-state index contributed by atoms with van der Waals surface area (Å²) in [5, 5.41) is 6.72. The Morgan fingerprint density at radius 1 is 1.39 bits per heavy atom. The van der Waals surface area contributed by atoms with E-state index in [0.717, 1.165) is 31.4 Å². The molecule has 1 atom stereocenters. The molecule has 5 nitrogen and oxygen atoms in total. The van der Waals surface area contributed by atoms with Crippen molar-refractivity contribution in [2.24, 2.45) is 0 Å². The molecule has 2 rings (SSSR count). The zero-order valence-corrected chi connectivity index (χ0v) is 15.1. The Bertz CT molecular complexity index is 526. The molecular formula is C16H24Cl2N2O3. The van der Waals surface area contributed by atoms with E-state index in [1.165, 1.54) is 0 Å². The smallest absolute Gasteiger partial charge is 0.237 e. The van der Waals surface area contributed by atoms with E-state index in [2.05, 4.69) is 10.6 Å². The first-order valence-corrected chi connectivity index (χ1v) is 8.03. The standard InChI is InChI=1S/C16H23ClN2O3.ClH/c1-3-22-14-9-11(8-12(17)15(14)21-2)10-19-13-6-4-5-7-18-16(13)20;/h8-9,13,19H,3-7,10H2,1-2H3,(H,18,20);1H. The van der Waals surface area contributed by atoms with Crippen molar-refractivity contribution < 1.29 is 14.3 Å². The minimum Gasteiger partial charge on any atom is -0.491 e. The molecule has 0 aromatic heterocycles. The average Bonchev–Trinajstić information content (AvgIpc) is 2.70. The highest BCUT2D eigenvalue weighted by Gasteiger charge is 2.20. The molecule has 1 amide bonds. The number of rotatable bonds is 6. The Hall–Kier alpha value is -1.17. The Morgan fingerprint density at radius 3 is 2.87 bits per heavy atom. The predicted octanol–water partition coefficient (Wildman–Crippen LogP) is 2.93. The monoisotopic (exact) mass is 362 g/mol. The molecule has 1 aliphatic rings. The third-order valence-electron chi connectivity index (χ3n) is 3.66. The molecule has 0 saturated carbocycles. The molecule has 2 N–H and O–H groups in total. The summed E-state index contributed by atoms with van der Waals surface area (Å²) in [6.07, 6.45) is 2.94. The summed E-state index contributed by atoms with van der Waals surface area (Å²) >= 11 is 6.23. The third kappa shape index (κ3) is 5.44. The summed E-state index contributed by atoms with van der Waals surface area (Å²) < 4.78 is 10.8. The van der Waals surface area contributed by atoms with Gasteiger partial charge >= 0.3 is 0 Å². The summed E-state index contributed by atoms with van der Waals surface area (Å²) in [4.78, 5) is 11.9. The summed E-state index contributed by atoms with van der Waals surface area (Å²) in [5.74, 6) is 1.24. The molecule has 1 saturated heterocycles. The van der Waals surface area contributed by atoms with E-state index in [-0.39, 0.29) is 24.4 Å². The van der Waals surface area contributed by atoms with Gasteiger partial charge in [0.15, 0.2) is 11.5 Å². The molecule has 1 unspecified atom stereocenters. The number of methoxy groups -OCH3 is 1. The van der Waals surface area contributed by atoms with E-state index < -0.39 is 0 Å². The number of carbonyl (C=O) groups excluding carboxylic acids is 1. The second kappa shape index (κ2) is 9.85. The fraction of sp³-hybridized carbons (Fsp3) is 0.562. The van der Waals surface area contributed by atoms with Crippen LogP contribution in [0.4, 0.5) is 0 Å². The highest BCUT2D eigenvalue weighted by Crippen LogP contribution is 2.36. The van der Waals surface area contributed by atoms with E-state index in [1.54, 1.807) is 7.11 Å². The van der Waals surface area contributed by atoms with E-state index >= 15 is 0 Å². The van der Waals surface area contributed by atoms with E-state index in [0.29, 0.717) is 29.7 Å². The minimum absolute atomic E-state index is 0. The summed E-state index contributed by atoms with van der Waals surface area (Å²) in [5.41, 5.74) is 0.964. The second-order valence-electron chi connectivity index (χ2n) is 5.26. The molecular weight excluding hydrogens is 339 g/mol. The molecule has 0 spiro atoms. The van der Waals surface area contributed by atoms with Crippen molar-refractivity contribution in [2.45, 2.75) is 38.8 Å². The van der Waals surface area contributed by atoms with Crippen molar-refractivity contribution in [3.05, 3.63) is 22.7 Å². The first kappa shape index (κ1) is 19.9. The molecule has 1 aromatic rings. The molecule has 0 aliphatic carbocycles. The van der Waals surface area contributed by atoms with Crippen molar-refractivity contribution >= 4 is 29.9 Å². The Labute approximate surface area is 148 Å². The highest BCUT2D eigenvalue weighted by molar-refractivity contribution is 6.32. The lowest BCUT2D eigenvalue weighted by Gasteiger charge is -2.17. The number of carbonyl (C=O) groups is 1. The van der Waals surface area contributed by atoms with Gasteiger partial charge in [-0.05, 0) is 43.9 Å². The fourth-order valence-corrected chi connectivity index (χ4v) is 2.87. The Morgan fingerprint density at radius 2 is 2.17 bits per heavy atom. The first-order chi connectivity index (χ1) is 10.7. The maximum Gasteiger partial charge on any atom is 0.237 e. The van der Waals surface area contributed by atoms with Crippen molar-refractivity contribution in [1.82, 2.24) is 10.6 Å². The normalized spacial score (nSPS) is 17.7. The first-order valence-electron chi connectivity index (χ1n) is 7.66. The van der Waals surface area contributed by atoms with E-state index in [1.807, 2.05) is 19.1 Å². The van der Waals surface area contributed by atoms with Gasteiger partial charge < -0.3 is 20.1 Å². The van der Waals surface area contributed by atoms with Crippen molar-refractivity contribution in [3.63, 3.8) is 0 Å². The minimum atomic E-state index is -0.154. The van der Waals surface area contributed by atoms with Crippen LogP contribution in [-0.4, -0.2) is 32.2 Å². The SMILES string of the molecule is CCOc1cc(CNC2CCCCNC2=O)cc(Cl)c1OC.Cl. The van der Waals surface area contributed by atoms with Gasteiger partial charge in [0, 0.05) is 13.1 Å². The molecule has 0 bridgehead atoms. The zero-order chi connectivity index (χ0) is 15.9. The van der Waals surface area contributed by atoms with Crippen LogP contribution in [0.1, 0.15) is 31.7 Å². The number of benzene rings is 1. The third-order valence-corrected chi connectivity index (χ3v) is 3.94. The topological polar surface area (TPSA) is 59.6 Å². The van der Waals surface area contributed by atoms with Crippen LogP contribution in [0, 0.1) is 0 Å². The van der Waals surface area contributed by atoms with Gasteiger partial charge in [-0.3, -0.25) is 4.79 Å². The van der Waals surface area contributed by atoms with Gasteiger partial charge in [-0.25, -0.2) is 0 Å². The molecule has 1 fully saturated rings. The zero-order valence-electron chi connectivity index (χ0n) is 13.5. The highest BCUT2D eigenvalue weighted by atomic mass is 35.5. The molecule has 7 heteroatoms. The van der Waals surface area contributed by atoms with Gasteiger partial charge in [0.05, 0.1) is 24.8 Å². The fourth-order valence-electron chi connectivity index (χ4n) is 2.56. The van der Waals surface area contributed by atoms with Crippen LogP contribution in [0.25, 0.3) is 0 Å². The number of hydrogen-bond acceptors (Lipinski definition) is 4. The van der Waals surface area contributed by atoms with E-state index in [4.69, 9.17) is 21.1 Å². The average molecular weight is 363 g/mol. The van der Waals surface area contributed by atoms with Gasteiger partial charge in [-0.2, -0.15) is 0 Å². The molecule has 1 heterocycles. The number of ether oxygens (including phenoxy) is 2. The van der Waals surface area contributed by atoms with Gasteiger partial charge in [0.2, 0.25) is 5.91 Å². The number of hydrogen-bond donors (Lipinski definition) is 2. The summed E-state index contributed by atoms with van der Waals surface area (Å²) in [7, 11) is 1.57. The van der Waals surface area contributed by atoms with Gasteiger partial charge in [-0.15, -0.1) is 12.4 Å². The van der Waals surface area contributed by atoms with Crippen LogP contribution in [0.3, 0.4) is 0 Å². The predicted molar refractivity (Wildman–Crippen MR) is 93.9 cm³/mol. The summed E-state index contributed by atoms with van der Waals surface area (Å²) in [6, 6.07) is 3.58. The molecule has 0 radical (unpaired) electrons. The molecule has 23 heavy (non-hydrogen) atoms. The number of amides is 1. The molecule has 1 aliphatic heterocycles. The van der Waals surface area contributed by atoms with Crippen LogP contribution in [0.2, 0.25) is 5.02 Å². The largest absolute Gasteiger partial charge is 0.491 e. The molecule has 1 aromatic carbocycles. The quantitative estimate of drug-likeness (QED) is 0.816. The second-order valence-corrected chi connectivity index (χ2v) is 5.67. The van der Waals surface area contributed by atoms with Crippen molar-refractivity contribution in [3.8, 4) is 11.5 Å². The maximum atomic E-state index is 11.9. The summed E-state index contributed by atoms with van der Waals surface area (Å²) in [6.45, 7) is 3.77. The number of halogens is 2. The van der Waals surface area contributed by atoms with Crippen molar-refractivity contribution in [1.29, 1.82) is 0 Å². The van der Waals surface area contributed by atoms with Crippen LogP contribution in [0.5, 0.6) is 11.5 Å². The van der Waals surface area contributed by atoms with Crippen LogP contribution in [0.15, 0.2) is 12.1 Å². The van der Waals surface area contributed by atoms with Crippen LogP contribution in [-0.2, 0) is 11.3 Å². The van der Waals surface area contributed by atoms with Gasteiger partial charge in [0.1, 0.15) is 0 Å². The lowest BCUT2D eigenvalue weighted by atomic mass is 10.1. The lowest BCUT2D eigenvalue weighted by Crippen LogP contribution is -2.42. The Kier molecular flexibility index (Phi) is 8.52. The van der Waals surface area contributed by atoms with Gasteiger partial charge in [0.25, 0.3) is 0 Å². The lowest BCUT2D eigenvalue weighted by molar-refractivity contribution is -0.122. The molecule has 130 valence electrons. The van der Waals surface area contributed by atoms with Crippen molar-refractivity contribution in [2.75, 3.05) is 20.3 Å². The Balaban J connectivity index is 0.00000264. The number of nitrogens with one attached hydrogen (secondary N) is 2. The van der Waals surface area contributed by atoms with Gasteiger partial charge in [-0.1, -0.05) is 11.6 Å². The van der Waals surface area contributed by atoms with Crippen LogP contribution >= 0.6 is 24.0 Å². The maximum absolute atomic E-state index is 11.9. The van der Waals surface area contributed by atoms with E-state index in [9.17, 15) is 4.79 Å². The van der Waals surface area contributed by atoms with Crippen LogP contribution < -0.4 is 20.1 Å².